The second-order valence-electron chi connectivity index (χ2n) is 10.1. The molecule has 6 heteroatoms. The van der Waals surface area contributed by atoms with Crippen molar-refractivity contribution in [1.82, 2.24) is 14.5 Å². The molecule has 2 aromatic carbocycles. The van der Waals surface area contributed by atoms with Gasteiger partial charge in [0.25, 0.3) is 5.56 Å². The lowest BCUT2D eigenvalue weighted by atomic mass is 9.69. The van der Waals surface area contributed by atoms with Crippen LogP contribution in [0, 0.1) is 5.41 Å². The molecule has 34 heavy (non-hydrogen) atoms. The molecule has 0 spiro atoms. The molecule has 0 saturated carbocycles. The first-order chi connectivity index (χ1) is 16.2. The SMILES string of the molecule is CC(CC(=O)N1CC[C@](O)(Cn2cnc(-c3ccccc3)cc2=O)C(C)(C)C1)c1ccccc1. The number of carbonyl (C=O) groups excluding carboxylic acids is 1. The van der Waals surface area contributed by atoms with Crippen molar-refractivity contribution in [1.29, 1.82) is 0 Å². The average Bonchev–Trinajstić information content (AvgIpc) is 2.83. The summed E-state index contributed by atoms with van der Waals surface area (Å²) in [5.41, 5.74) is 0.717. The number of amides is 1. The second kappa shape index (κ2) is 9.55. The van der Waals surface area contributed by atoms with Crippen LogP contribution in [0.4, 0.5) is 0 Å². The van der Waals surface area contributed by atoms with Crippen LogP contribution in [0.25, 0.3) is 11.3 Å². The first-order valence-electron chi connectivity index (χ1n) is 11.9. The van der Waals surface area contributed by atoms with Gasteiger partial charge >= 0.3 is 0 Å². The van der Waals surface area contributed by atoms with E-state index in [0.29, 0.717) is 31.6 Å². The number of rotatable bonds is 6. The predicted molar refractivity (Wildman–Crippen MR) is 133 cm³/mol. The van der Waals surface area contributed by atoms with Crippen LogP contribution in [-0.2, 0) is 11.3 Å². The maximum atomic E-state index is 13.0. The highest BCUT2D eigenvalue weighted by Gasteiger charge is 2.48. The molecule has 1 unspecified atom stereocenters. The van der Waals surface area contributed by atoms with Crippen LogP contribution in [-0.4, -0.2) is 44.2 Å². The summed E-state index contributed by atoms with van der Waals surface area (Å²) >= 11 is 0. The average molecular weight is 460 g/mol. The molecule has 6 nitrogen and oxygen atoms in total. The molecule has 2 atom stereocenters. The third-order valence-electron chi connectivity index (χ3n) is 7.22. The van der Waals surface area contributed by atoms with E-state index in [1.165, 1.54) is 17.0 Å². The lowest BCUT2D eigenvalue weighted by molar-refractivity contribution is -0.154. The van der Waals surface area contributed by atoms with Gasteiger partial charge in [-0.2, -0.15) is 0 Å². The summed E-state index contributed by atoms with van der Waals surface area (Å²) in [6.45, 7) is 7.03. The van der Waals surface area contributed by atoms with Crippen molar-refractivity contribution in [2.24, 2.45) is 5.41 Å². The maximum Gasteiger partial charge on any atom is 0.253 e. The number of piperidine rings is 1. The van der Waals surface area contributed by atoms with Crippen molar-refractivity contribution < 1.29 is 9.90 Å². The van der Waals surface area contributed by atoms with Gasteiger partial charge < -0.3 is 10.0 Å². The smallest absolute Gasteiger partial charge is 0.253 e. The molecular formula is C28H33N3O3. The van der Waals surface area contributed by atoms with E-state index in [1.807, 2.05) is 79.4 Å². The van der Waals surface area contributed by atoms with E-state index in [-0.39, 0.29) is 23.9 Å². The first-order valence-corrected chi connectivity index (χ1v) is 11.9. The van der Waals surface area contributed by atoms with Crippen molar-refractivity contribution in [2.45, 2.75) is 51.7 Å². The Morgan fingerprint density at radius 2 is 1.74 bits per heavy atom. The van der Waals surface area contributed by atoms with Crippen LogP contribution in [0.5, 0.6) is 0 Å². The summed E-state index contributed by atoms with van der Waals surface area (Å²) in [4.78, 5) is 32.2. The highest BCUT2D eigenvalue weighted by molar-refractivity contribution is 5.77. The van der Waals surface area contributed by atoms with E-state index in [4.69, 9.17) is 0 Å². The van der Waals surface area contributed by atoms with E-state index in [0.717, 1.165) is 11.1 Å². The minimum atomic E-state index is -1.13. The zero-order valence-electron chi connectivity index (χ0n) is 20.1. The van der Waals surface area contributed by atoms with Crippen LogP contribution >= 0.6 is 0 Å². The van der Waals surface area contributed by atoms with Crippen molar-refractivity contribution >= 4 is 5.91 Å². The molecule has 178 valence electrons. The molecule has 4 rings (SSSR count). The Labute approximate surface area is 200 Å². The Kier molecular flexibility index (Phi) is 6.71. The molecule has 1 aromatic heterocycles. The number of likely N-dealkylation sites (tertiary alicyclic amines) is 1. The van der Waals surface area contributed by atoms with Crippen molar-refractivity contribution in [3.63, 3.8) is 0 Å². The minimum absolute atomic E-state index is 0.0949. The molecule has 1 amide bonds. The zero-order valence-corrected chi connectivity index (χ0v) is 20.1. The molecule has 1 fully saturated rings. The number of hydrogen-bond acceptors (Lipinski definition) is 4. The molecule has 1 aliphatic rings. The van der Waals surface area contributed by atoms with Gasteiger partial charge in [0.1, 0.15) is 0 Å². The number of nitrogens with zero attached hydrogens (tertiary/aromatic N) is 3. The van der Waals surface area contributed by atoms with Crippen molar-refractivity contribution in [3.8, 4) is 11.3 Å². The predicted octanol–water partition coefficient (Wildman–Crippen LogP) is 4.09. The van der Waals surface area contributed by atoms with Crippen molar-refractivity contribution in [2.75, 3.05) is 13.1 Å². The molecule has 1 aliphatic heterocycles. The normalized spacial score (nSPS) is 20.6. The molecule has 0 aliphatic carbocycles. The lowest BCUT2D eigenvalue weighted by Crippen LogP contribution is -2.60. The fourth-order valence-corrected chi connectivity index (χ4v) is 4.75. The number of carbonyl (C=O) groups is 1. The van der Waals surface area contributed by atoms with Crippen LogP contribution in [0.3, 0.4) is 0 Å². The third kappa shape index (κ3) is 4.97. The Bertz CT molecular complexity index is 1190. The molecule has 1 N–H and O–H groups in total. The summed E-state index contributed by atoms with van der Waals surface area (Å²) in [5.74, 6) is 0.225. The summed E-state index contributed by atoms with van der Waals surface area (Å²) in [6, 6.07) is 21.1. The summed E-state index contributed by atoms with van der Waals surface area (Å²) in [7, 11) is 0. The van der Waals surface area contributed by atoms with E-state index in [2.05, 4.69) is 11.9 Å². The highest BCUT2D eigenvalue weighted by atomic mass is 16.3. The summed E-state index contributed by atoms with van der Waals surface area (Å²) in [6.07, 6.45) is 2.35. The third-order valence-corrected chi connectivity index (χ3v) is 7.22. The molecule has 2 heterocycles. The van der Waals surface area contributed by atoms with Crippen LogP contribution in [0.2, 0.25) is 0 Å². The Morgan fingerprint density at radius 1 is 1.09 bits per heavy atom. The summed E-state index contributed by atoms with van der Waals surface area (Å²) < 4.78 is 1.48. The highest BCUT2D eigenvalue weighted by Crippen LogP contribution is 2.40. The fourth-order valence-electron chi connectivity index (χ4n) is 4.75. The second-order valence-corrected chi connectivity index (χ2v) is 10.1. The minimum Gasteiger partial charge on any atom is -0.387 e. The standard InChI is InChI=1S/C28H33N3O3/c1-21(22-10-6-4-7-11-22)16-25(32)30-15-14-28(34,27(2,3)18-30)19-31-20-29-24(17-26(31)33)23-12-8-5-9-13-23/h4-13,17,20-21,34H,14-16,18-19H2,1-3H3/t21?,28-/m0/s1. The topological polar surface area (TPSA) is 75.4 Å². The van der Waals surface area contributed by atoms with Crippen LogP contribution in [0.1, 0.15) is 45.1 Å². The fraction of sp³-hybridized carbons (Fsp3) is 0.393. The van der Waals surface area contributed by atoms with Gasteiger partial charge in [-0.3, -0.25) is 14.2 Å². The number of hydrogen-bond donors (Lipinski definition) is 1. The summed E-state index contributed by atoms with van der Waals surface area (Å²) in [5, 5.41) is 11.6. The molecular weight excluding hydrogens is 426 g/mol. The Morgan fingerprint density at radius 3 is 2.35 bits per heavy atom. The molecule has 0 bridgehead atoms. The quantitative estimate of drug-likeness (QED) is 0.602. The van der Waals surface area contributed by atoms with E-state index in [9.17, 15) is 14.7 Å². The maximum absolute atomic E-state index is 13.0. The largest absolute Gasteiger partial charge is 0.387 e. The molecule has 0 radical (unpaired) electrons. The van der Waals surface area contributed by atoms with E-state index >= 15 is 0 Å². The Balaban J connectivity index is 1.44. The first kappa shape index (κ1) is 23.9. The van der Waals surface area contributed by atoms with Crippen LogP contribution < -0.4 is 5.56 Å². The molecule has 1 saturated heterocycles. The monoisotopic (exact) mass is 459 g/mol. The molecule has 3 aromatic rings. The number of benzene rings is 2. The van der Waals surface area contributed by atoms with Crippen LogP contribution in [0.15, 0.2) is 77.9 Å². The van der Waals surface area contributed by atoms with Crippen molar-refractivity contribution in [3.05, 3.63) is 89.0 Å². The van der Waals surface area contributed by atoms with Gasteiger partial charge in [-0.25, -0.2) is 4.98 Å². The number of aromatic nitrogens is 2. The van der Waals surface area contributed by atoms with E-state index in [1.54, 1.807) is 0 Å². The number of aliphatic hydroxyl groups is 1. The van der Waals surface area contributed by atoms with E-state index < -0.39 is 11.0 Å². The lowest BCUT2D eigenvalue weighted by Gasteiger charge is -2.50. The van der Waals surface area contributed by atoms with Gasteiger partial charge in [0.15, 0.2) is 0 Å². The Hall–Kier alpha value is -3.25. The van der Waals surface area contributed by atoms with Gasteiger partial charge in [-0.1, -0.05) is 81.4 Å². The van der Waals surface area contributed by atoms with Gasteiger partial charge in [-0.05, 0) is 17.9 Å². The van der Waals surface area contributed by atoms with Gasteiger partial charge in [-0.15, -0.1) is 0 Å². The zero-order chi connectivity index (χ0) is 24.3. The van der Waals surface area contributed by atoms with Gasteiger partial charge in [0, 0.05) is 36.6 Å². The van der Waals surface area contributed by atoms with Gasteiger partial charge in [0.05, 0.1) is 24.2 Å². The van der Waals surface area contributed by atoms with Gasteiger partial charge in [0.2, 0.25) is 5.91 Å².